The molecule has 0 atom stereocenters. The minimum absolute atomic E-state index is 0.0467. The third-order valence-electron chi connectivity index (χ3n) is 1.55. The van der Waals surface area contributed by atoms with Crippen molar-refractivity contribution in [1.82, 2.24) is 4.98 Å². The molecule has 0 unspecified atom stereocenters. The molecule has 0 saturated carbocycles. The van der Waals surface area contributed by atoms with Crippen LogP contribution in [0.5, 0.6) is 0 Å². The van der Waals surface area contributed by atoms with Gasteiger partial charge >= 0.3 is 6.18 Å². The topological polar surface area (TPSA) is 32.9 Å². The van der Waals surface area contributed by atoms with Crippen LogP contribution in [0.2, 0.25) is 0 Å². The molecule has 0 bridgehead atoms. The van der Waals surface area contributed by atoms with E-state index < -0.39 is 35.2 Å². The largest absolute Gasteiger partial charge is 0.422 e. The van der Waals surface area contributed by atoms with Gasteiger partial charge < -0.3 is 0 Å². The van der Waals surface area contributed by atoms with Crippen LogP contribution < -0.4 is 5.56 Å². The number of nitrogens with one attached hydrogen (secondary N) is 1. The van der Waals surface area contributed by atoms with Crippen LogP contribution in [-0.4, -0.2) is 4.98 Å². The highest BCUT2D eigenvalue weighted by Gasteiger charge is 2.39. The molecule has 0 aliphatic heterocycles. The van der Waals surface area contributed by atoms with Crippen molar-refractivity contribution < 1.29 is 26.3 Å². The number of aromatic nitrogens is 1. The summed E-state index contributed by atoms with van der Waals surface area (Å²) in [6.07, 6.45) is -8.81. The molecule has 2 nitrogen and oxygen atoms in total. The standard InChI is InChI=1S/C7H3F6NO/c8-3-1-2(5(9)10)4(6(15)14-3)7(11,12)13/h1,5H,(H,14,15). The van der Waals surface area contributed by atoms with Crippen LogP contribution in [0, 0.1) is 5.95 Å². The Morgan fingerprint density at radius 1 is 1.27 bits per heavy atom. The maximum atomic E-state index is 12.4. The molecule has 1 rings (SSSR count). The lowest BCUT2D eigenvalue weighted by Crippen LogP contribution is -2.25. The highest BCUT2D eigenvalue weighted by atomic mass is 19.4. The molecular formula is C7H3F6NO. The average Bonchev–Trinajstić information content (AvgIpc) is 1.99. The fourth-order valence-electron chi connectivity index (χ4n) is 1.01. The predicted molar refractivity (Wildman–Crippen MR) is 37.0 cm³/mol. The second-order valence-electron chi connectivity index (χ2n) is 2.58. The van der Waals surface area contributed by atoms with E-state index in [1.54, 1.807) is 0 Å². The first-order valence-corrected chi connectivity index (χ1v) is 3.51. The highest BCUT2D eigenvalue weighted by Crippen LogP contribution is 2.33. The number of aromatic amines is 1. The van der Waals surface area contributed by atoms with E-state index in [0.717, 1.165) is 0 Å². The molecule has 0 aliphatic carbocycles. The Hall–Kier alpha value is -1.47. The molecule has 1 heterocycles. The minimum atomic E-state index is -5.24. The zero-order valence-electron chi connectivity index (χ0n) is 6.83. The first kappa shape index (κ1) is 11.6. The molecule has 0 fully saturated rings. The maximum absolute atomic E-state index is 12.4. The van der Waals surface area contributed by atoms with E-state index in [-0.39, 0.29) is 6.07 Å². The van der Waals surface area contributed by atoms with Crippen molar-refractivity contribution in [3.63, 3.8) is 0 Å². The molecule has 0 radical (unpaired) electrons. The first-order valence-electron chi connectivity index (χ1n) is 3.51. The Kier molecular flexibility index (Phi) is 2.78. The van der Waals surface area contributed by atoms with E-state index in [1.165, 1.54) is 4.98 Å². The minimum Gasteiger partial charge on any atom is -0.298 e. The monoisotopic (exact) mass is 231 g/mol. The smallest absolute Gasteiger partial charge is 0.298 e. The Morgan fingerprint density at radius 3 is 2.20 bits per heavy atom. The summed E-state index contributed by atoms with van der Waals surface area (Å²) in [5.41, 5.74) is -5.65. The molecule has 1 aromatic heterocycles. The van der Waals surface area contributed by atoms with E-state index >= 15 is 0 Å². The predicted octanol–water partition coefficient (Wildman–Crippen LogP) is 2.47. The molecule has 84 valence electrons. The Bertz CT molecular complexity index is 420. The fourth-order valence-corrected chi connectivity index (χ4v) is 1.01. The lowest BCUT2D eigenvalue weighted by molar-refractivity contribution is -0.140. The second kappa shape index (κ2) is 3.59. The molecule has 1 aromatic rings. The number of H-pyrrole nitrogens is 1. The van der Waals surface area contributed by atoms with Gasteiger partial charge in [-0.1, -0.05) is 0 Å². The number of hydrogen-bond donors (Lipinski definition) is 1. The third kappa shape index (κ3) is 2.31. The van der Waals surface area contributed by atoms with Crippen molar-refractivity contribution in [2.24, 2.45) is 0 Å². The molecule has 0 aromatic carbocycles. The van der Waals surface area contributed by atoms with Crippen LogP contribution >= 0.6 is 0 Å². The van der Waals surface area contributed by atoms with Gasteiger partial charge in [-0.25, -0.2) is 8.78 Å². The molecule has 15 heavy (non-hydrogen) atoms. The Balaban J connectivity index is 3.55. The summed E-state index contributed by atoms with van der Waals surface area (Å²) in [5, 5.41) is 0. The highest BCUT2D eigenvalue weighted by molar-refractivity contribution is 5.27. The summed E-state index contributed by atoms with van der Waals surface area (Å²) in [4.78, 5) is 11.8. The molecule has 1 N–H and O–H groups in total. The van der Waals surface area contributed by atoms with Crippen molar-refractivity contribution >= 4 is 0 Å². The van der Waals surface area contributed by atoms with Gasteiger partial charge in [-0.3, -0.25) is 9.78 Å². The zero-order valence-corrected chi connectivity index (χ0v) is 6.83. The second-order valence-corrected chi connectivity index (χ2v) is 2.58. The van der Waals surface area contributed by atoms with Crippen molar-refractivity contribution in [2.75, 3.05) is 0 Å². The van der Waals surface area contributed by atoms with Crippen molar-refractivity contribution in [2.45, 2.75) is 12.6 Å². The quantitative estimate of drug-likeness (QED) is 0.584. The number of hydrogen-bond acceptors (Lipinski definition) is 1. The van der Waals surface area contributed by atoms with Crippen LogP contribution in [0.25, 0.3) is 0 Å². The van der Waals surface area contributed by atoms with Crippen LogP contribution in [-0.2, 0) is 6.18 Å². The number of alkyl halides is 5. The van der Waals surface area contributed by atoms with Crippen LogP contribution in [0.3, 0.4) is 0 Å². The number of rotatable bonds is 1. The van der Waals surface area contributed by atoms with Gasteiger partial charge in [0.2, 0.25) is 0 Å². The van der Waals surface area contributed by atoms with Crippen molar-refractivity contribution in [3.05, 3.63) is 33.5 Å². The summed E-state index contributed by atoms with van der Waals surface area (Å²) in [6.45, 7) is 0. The molecule has 0 spiro atoms. The van der Waals surface area contributed by atoms with Gasteiger partial charge in [0.05, 0.1) is 0 Å². The first-order chi connectivity index (χ1) is 6.73. The van der Waals surface area contributed by atoms with E-state index in [1.807, 2.05) is 0 Å². The van der Waals surface area contributed by atoms with Gasteiger partial charge in [-0.2, -0.15) is 17.6 Å². The van der Waals surface area contributed by atoms with Gasteiger partial charge in [0.25, 0.3) is 12.0 Å². The number of pyridine rings is 1. The van der Waals surface area contributed by atoms with Crippen molar-refractivity contribution in [3.8, 4) is 0 Å². The van der Waals surface area contributed by atoms with Gasteiger partial charge in [0, 0.05) is 11.6 Å². The van der Waals surface area contributed by atoms with Crippen LogP contribution in [0.15, 0.2) is 10.9 Å². The van der Waals surface area contributed by atoms with Gasteiger partial charge in [0.15, 0.2) is 5.95 Å². The fraction of sp³-hybridized carbons (Fsp3) is 0.286. The van der Waals surface area contributed by atoms with E-state index in [0.29, 0.717) is 0 Å². The van der Waals surface area contributed by atoms with E-state index in [9.17, 15) is 31.1 Å². The summed E-state index contributed by atoms with van der Waals surface area (Å²) in [7, 11) is 0. The molecule has 0 amide bonds. The summed E-state index contributed by atoms with van der Waals surface area (Å²) >= 11 is 0. The normalized spacial score (nSPS) is 12.2. The van der Waals surface area contributed by atoms with Crippen molar-refractivity contribution in [1.29, 1.82) is 0 Å². The van der Waals surface area contributed by atoms with Gasteiger partial charge in [-0.05, 0) is 0 Å². The molecular weight excluding hydrogens is 228 g/mol. The molecule has 8 heteroatoms. The summed E-state index contributed by atoms with van der Waals surface area (Å²) in [6, 6.07) is -0.0467. The third-order valence-corrected chi connectivity index (χ3v) is 1.55. The molecule has 0 aliphatic rings. The van der Waals surface area contributed by atoms with Crippen LogP contribution in [0.1, 0.15) is 17.6 Å². The maximum Gasteiger partial charge on any atom is 0.422 e. The van der Waals surface area contributed by atoms with E-state index in [4.69, 9.17) is 0 Å². The SMILES string of the molecule is O=c1[nH]c(F)cc(C(F)F)c1C(F)(F)F. The Morgan fingerprint density at radius 2 is 1.80 bits per heavy atom. The Labute approximate surface area is 78.5 Å². The average molecular weight is 231 g/mol. The van der Waals surface area contributed by atoms with Gasteiger partial charge in [0.1, 0.15) is 5.56 Å². The van der Waals surface area contributed by atoms with Gasteiger partial charge in [-0.15, -0.1) is 0 Å². The van der Waals surface area contributed by atoms with Crippen LogP contribution in [0.4, 0.5) is 26.3 Å². The lowest BCUT2D eigenvalue weighted by Gasteiger charge is -2.10. The summed E-state index contributed by atoms with van der Waals surface area (Å²) < 4.78 is 73.0. The van der Waals surface area contributed by atoms with E-state index in [2.05, 4.69) is 0 Å². The molecule has 0 saturated heterocycles. The number of halogens is 6. The lowest BCUT2D eigenvalue weighted by atomic mass is 10.1. The zero-order chi connectivity index (χ0) is 11.8. The summed E-state index contributed by atoms with van der Waals surface area (Å²) in [5.74, 6) is -1.54.